The second kappa shape index (κ2) is 6.75. The van der Waals surface area contributed by atoms with Crippen LogP contribution >= 0.6 is 0 Å². The Morgan fingerprint density at radius 3 is 2.74 bits per heavy atom. The Morgan fingerprint density at radius 2 is 2.16 bits per heavy atom. The van der Waals surface area contributed by atoms with Crippen LogP contribution < -0.4 is 0 Å². The molecule has 1 aliphatic heterocycles. The predicted octanol–water partition coefficient (Wildman–Crippen LogP) is 1.13. The number of ether oxygens (including phenoxy) is 2. The number of methoxy groups -OCH3 is 1. The quantitative estimate of drug-likeness (QED) is 0.716. The van der Waals surface area contributed by atoms with E-state index in [4.69, 9.17) is 4.74 Å². The minimum atomic E-state index is -0.511. The van der Waals surface area contributed by atoms with Gasteiger partial charge in [0.1, 0.15) is 6.61 Å². The van der Waals surface area contributed by atoms with Gasteiger partial charge >= 0.3 is 6.09 Å². The molecule has 1 heterocycles. The number of hydrogen-bond acceptors (Lipinski definition) is 4. The summed E-state index contributed by atoms with van der Waals surface area (Å²) in [5, 5.41) is 0. The van der Waals surface area contributed by atoms with Crippen molar-refractivity contribution in [1.29, 1.82) is 0 Å². The highest BCUT2D eigenvalue weighted by molar-refractivity contribution is 5.80. The third-order valence-corrected chi connectivity index (χ3v) is 2.68. The van der Waals surface area contributed by atoms with Gasteiger partial charge in [-0.2, -0.15) is 0 Å². The van der Waals surface area contributed by atoms with Crippen molar-refractivity contribution in [2.24, 2.45) is 0 Å². The molecule has 0 aromatic carbocycles. The normalized spacial score (nSPS) is 15.5. The Bertz CT molecular complexity index is 428. The third kappa shape index (κ3) is 3.96. The molecule has 1 saturated heterocycles. The van der Waals surface area contributed by atoms with Crippen LogP contribution in [0.5, 0.6) is 0 Å². The van der Waals surface area contributed by atoms with E-state index in [-0.39, 0.29) is 12.5 Å². The van der Waals surface area contributed by atoms with Gasteiger partial charge in [0.15, 0.2) is 0 Å². The van der Waals surface area contributed by atoms with E-state index in [9.17, 15) is 9.59 Å². The van der Waals surface area contributed by atoms with E-state index in [1.54, 1.807) is 19.2 Å². The molecule has 104 valence electrons. The Balaban J connectivity index is 2.60. The molecule has 0 bridgehead atoms. The van der Waals surface area contributed by atoms with E-state index in [2.05, 4.69) is 17.9 Å². The second-order valence-electron chi connectivity index (χ2n) is 3.94. The van der Waals surface area contributed by atoms with Crippen molar-refractivity contribution in [2.75, 3.05) is 33.9 Å². The monoisotopic (exact) mass is 266 g/mol. The Labute approximate surface area is 112 Å². The SMILES string of the molecule is C=C(/C=C\C(=C)N1CCOCC1=O)N(C)C(=O)OC. The first-order chi connectivity index (χ1) is 8.97. The van der Waals surface area contributed by atoms with Crippen LogP contribution in [0.2, 0.25) is 0 Å². The molecule has 1 aliphatic rings. The molecule has 0 spiro atoms. The van der Waals surface area contributed by atoms with Crippen molar-refractivity contribution < 1.29 is 19.1 Å². The number of nitrogens with zero attached hydrogens (tertiary/aromatic N) is 2. The summed E-state index contributed by atoms with van der Waals surface area (Å²) in [5.41, 5.74) is 0.974. The van der Waals surface area contributed by atoms with Crippen LogP contribution in [-0.2, 0) is 14.3 Å². The maximum Gasteiger partial charge on any atom is 0.413 e. The molecule has 0 aliphatic carbocycles. The number of morpholine rings is 1. The van der Waals surface area contributed by atoms with Gasteiger partial charge in [-0.25, -0.2) is 4.79 Å². The molecule has 0 radical (unpaired) electrons. The first kappa shape index (κ1) is 15.0. The van der Waals surface area contributed by atoms with Crippen molar-refractivity contribution in [3.63, 3.8) is 0 Å². The fraction of sp³-hybridized carbons (Fsp3) is 0.385. The van der Waals surface area contributed by atoms with Gasteiger partial charge in [-0.15, -0.1) is 0 Å². The summed E-state index contributed by atoms with van der Waals surface area (Å²) in [6, 6.07) is 0. The zero-order chi connectivity index (χ0) is 14.4. The van der Waals surface area contributed by atoms with Crippen molar-refractivity contribution in [2.45, 2.75) is 0 Å². The van der Waals surface area contributed by atoms with Gasteiger partial charge in [0, 0.05) is 25.0 Å². The molecule has 0 saturated carbocycles. The summed E-state index contributed by atoms with van der Waals surface area (Å²) in [4.78, 5) is 25.6. The molecule has 19 heavy (non-hydrogen) atoms. The van der Waals surface area contributed by atoms with E-state index >= 15 is 0 Å². The number of carbonyl (C=O) groups is 2. The van der Waals surface area contributed by atoms with E-state index in [0.717, 1.165) is 0 Å². The average Bonchev–Trinajstić information content (AvgIpc) is 2.43. The van der Waals surface area contributed by atoms with Gasteiger partial charge in [0.2, 0.25) is 0 Å². The smallest absolute Gasteiger partial charge is 0.413 e. The van der Waals surface area contributed by atoms with Crippen LogP contribution in [0.25, 0.3) is 0 Å². The standard InChI is InChI=1S/C13H18N2O4/c1-10(14(3)13(17)18-4)5-6-11(2)15-7-8-19-9-12(15)16/h5-6H,1-2,7-9H2,3-4H3/b6-5-. The number of rotatable bonds is 4. The summed E-state index contributed by atoms with van der Waals surface area (Å²) < 4.78 is 9.59. The van der Waals surface area contributed by atoms with Crippen LogP contribution in [0.3, 0.4) is 0 Å². The van der Waals surface area contributed by atoms with Gasteiger partial charge in [-0.3, -0.25) is 9.69 Å². The molecule has 1 fully saturated rings. The Kier molecular flexibility index (Phi) is 5.32. The molecular weight excluding hydrogens is 248 g/mol. The van der Waals surface area contributed by atoms with E-state index < -0.39 is 6.09 Å². The third-order valence-electron chi connectivity index (χ3n) is 2.68. The molecule has 0 aromatic rings. The van der Waals surface area contributed by atoms with Gasteiger partial charge < -0.3 is 14.4 Å². The lowest BCUT2D eigenvalue weighted by molar-refractivity contribution is -0.139. The first-order valence-electron chi connectivity index (χ1n) is 5.73. The van der Waals surface area contributed by atoms with Crippen molar-refractivity contribution in [3.8, 4) is 0 Å². The number of amides is 2. The number of allylic oxidation sites excluding steroid dienone is 2. The molecule has 6 nitrogen and oxygen atoms in total. The average molecular weight is 266 g/mol. The fourth-order valence-electron chi connectivity index (χ4n) is 1.47. The van der Waals surface area contributed by atoms with Crippen molar-refractivity contribution in [1.82, 2.24) is 9.80 Å². The van der Waals surface area contributed by atoms with Crippen LogP contribution in [0.1, 0.15) is 0 Å². The zero-order valence-corrected chi connectivity index (χ0v) is 11.2. The van der Waals surface area contributed by atoms with Gasteiger partial charge in [-0.1, -0.05) is 13.2 Å². The van der Waals surface area contributed by atoms with Crippen LogP contribution in [0.4, 0.5) is 4.79 Å². The lowest BCUT2D eigenvalue weighted by Crippen LogP contribution is -2.40. The first-order valence-corrected chi connectivity index (χ1v) is 5.73. The fourth-order valence-corrected chi connectivity index (χ4v) is 1.47. The summed E-state index contributed by atoms with van der Waals surface area (Å²) in [6.45, 7) is 8.57. The van der Waals surface area contributed by atoms with E-state index in [0.29, 0.717) is 24.5 Å². The predicted molar refractivity (Wildman–Crippen MR) is 70.1 cm³/mol. The summed E-state index contributed by atoms with van der Waals surface area (Å²) in [7, 11) is 2.84. The molecule has 6 heteroatoms. The molecule has 0 aromatic heterocycles. The largest absolute Gasteiger partial charge is 0.452 e. The van der Waals surface area contributed by atoms with E-state index in [1.807, 2.05) is 0 Å². The molecule has 0 N–H and O–H groups in total. The van der Waals surface area contributed by atoms with Gasteiger partial charge in [0.25, 0.3) is 5.91 Å². The molecule has 0 unspecified atom stereocenters. The lowest BCUT2D eigenvalue weighted by atomic mass is 10.3. The van der Waals surface area contributed by atoms with Crippen molar-refractivity contribution in [3.05, 3.63) is 36.7 Å². The molecular formula is C13H18N2O4. The number of carbonyl (C=O) groups excluding carboxylic acids is 2. The minimum Gasteiger partial charge on any atom is -0.452 e. The van der Waals surface area contributed by atoms with Gasteiger partial charge in [0.05, 0.1) is 13.7 Å². The lowest BCUT2D eigenvalue weighted by Gasteiger charge is -2.27. The van der Waals surface area contributed by atoms with Crippen molar-refractivity contribution >= 4 is 12.0 Å². The topological polar surface area (TPSA) is 59.1 Å². The minimum absolute atomic E-state index is 0.0653. The van der Waals surface area contributed by atoms with Gasteiger partial charge in [-0.05, 0) is 12.2 Å². The zero-order valence-electron chi connectivity index (χ0n) is 11.2. The number of likely N-dealkylation sites (N-methyl/N-ethyl adjacent to an activating group) is 1. The summed E-state index contributed by atoms with van der Waals surface area (Å²) in [5.74, 6) is -0.132. The maximum absolute atomic E-state index is 11.6. The summed E-state index contributed by atoms with van der Waals surface area (Å²) >= 11 is 0. The van der Waals surface area contributed by atoms with Crippen LogP contribution in [-0.4, -0.2) is 55.7 Å². The maximum atomic E-state index is 11.6. The van der Waals surface area contributed by atoms with E-state index in [1.165, 1.54) is 16.9 Å². The van der Waals surface area contributed by atoms with Crippen LogP contribution in [0, 0.1) is 0 Å². The second-order valence-corrected chi connectivity index (χ2v) is 3.94. The highest BCUT2D eigenvalue weighted by atomic mass is 16.5. The Hall–Kier alpha value is -2.08. The Morgan fingerprint density at radius 1 is 1.47 bits per heavy atom. The molecule has 0 atom stereocenters. The van der Waals surface area contributed by atoms with Crippen LogP contribution in [0.15, 0.2) is 36.7 Å². The molecule has 2 amide bonds. The highest BCUT2D eigenvalue weighted by Gasteiger charge is 2.19. The molecule has 1 rings (SSSR count). The highest BCUT2D eigenvalue weighted by Crippen LogP contribution is 2.10. The summed E-state index contributed by atoms with van der Waals surface area (Å²) in [6.07, 6.45) is 2.72. The number of hydrogen-bond donors (Lipinski definition) is 0.